The average molecular weight is 344 g/mol. The topological polar surface area (TPSA) is 60.9 Å². The zero-order valence-corrected chi connectivity index (χ0v) is 15.3. The van der Waals surface area contributed by atoms with Crippen LogP contribution in [-0.2, 0) is 7.05 Å². The lowest BCUT2D eigenvalue weighted by molar-refractivity contribution is 0.881. The van der Waals surface area contributed by atoms with Gasteiger partial charge in [-0.25, -0.2) is 14.5 Å². The second kappa shape index (κ2) is 6.22. The molecule has 3 aromatic heterocycles. The molecule has 0 aliphatic heterocycles. The summed E-state index contributed by atoms with van der Waals surface area (Å²) in [5.41, 5.74) is 5.67. The van der Waals surface area contributed by atoms with Crippen molar-refractivity contribution < 1.29 is 0 Å². The van der Waals surface area contributed by atoms with Crippen LogP contribution in [0.4, 0.5) is 0 Å². The Bertz CT molecular complexity index is 1080. The van der Waals surface area contributed by atoms with Crippen molar-refractivity contribution in [1.82, 2.24) is 29.1 Å². The molecule has 0 saturated carbocycles. The molecule has 0 N–H and O–H groups in total. The smallest absolute Gasteiger partial charge is 0.177 e. The van der Waals surface area contributed by atoms with E-state index in [2.05, 4.69) is 27.2 Å². The summed E-state index contributed by atoms with van der Waals surface area (Å²) in [5.74, 6) is 1.56. The molecule has 0 bridgehead atoms. The minimum atomic E-state index is 0.658. The molecule has 4 rings (SSSR count). The number of aromatic nitrogens is 6. The van der Waals surface area contributed by atoms with Gasteiger partial charge in [0.2, 0.25) is 0 Å². The quantitative estimate of drug-likeness (QED) is 0.568. The third-order valence-electron chi connectivity index (χ3n) is 4.37. The van der Waals surface area contributed by atoms with Gasteiger partial charge in [-0.2, -0.15) is 0 Å². The Hall–Kier alpha value is -3.28. The summed E-state index contributed by atoms with van der Waals surface area (Å²) in [5, 5.41) is 4.59. The highest BCUT2D eigenvalue weighted by atomic mass is 15.3. The molecule has 0 atom stereocenters. The largest absolute Gasteiger partial charge is 0.334 e. The summed E-state index contributed by atoms with van der Waals surface area (Å²) in [6.07, 6.45) is 5.81. The summed E-state index contributed by atoms with van der Waals surface area (Å²) in [6.45, 7) is 5.94. The highest BCUT2D eigenvalue weighted by molar-refractivity contribution is 5.77. The molecule has 4 aromatic rings. The molecular formula is C20H20N6. The number of hydrogen-bond donors (Lipinski definition) is 0. The van der Waals surface area contributed by atoms with Crippen LogP contribution in [0.1, 0.15) is 30.0 Å². The maximum absolute atomic E-state index is 4.79. The van der Waals surface area contributed by atoms with Crippen molar-refractivity contribution in [2.24, 2.45) is 7.05 Å². The number of rotatable bonds is 3. The molecule has 0 aliphatic rings. The van der Waals surface area contributed by atoms with E-state index in [0.717, 1.165) is 39.7 Å². The first-order valence-electron chi connectivity index (χ1n) is 8.49. The molecule has 0 spiro atoms. The summed E-state index contributed by atoms with van der Waals surface area (Å²) in [4.78, 5) is 13.7. The molecule has 0 fully saturated rings. The third-order valence-corrected chi connectivity index (χ3v) is 4.37. The third kappa shape index (κ3) is 2.79. The molecule has 6 heteroatoms. The van der Waals surface area contributed by atoms with Gasteiger partial charge in [0.15, 0.2) is 11.5 Å². The van der Waals surface area contributed by atoms with Crippen molar-refractivity contribution in [2.75, 3.05) is 0 Å². The number of fused-ring (bicyclic) bond motifs is 1. The second-order valence-corrected chi connectivity index (χ2v) is 6.44. The molecular weight excluding hydrogens is 324 g/mol. The van der Waals surface area contributed by atoms with Crippen molar-refractivity contribution in [3.8, 4) is 11.3 Å². The molecule has 6 nitrogen and oxygen atoms in total. The lowest BCUT2D eigenvalue weighted by Crippen LogP contribution is -1.97. The number of benzene rings is 1. The zero-order chi connectivity index (χ0) is 18.3. The van der Waals surface area contributed by atoms with Crippen molar-refractivity contribution in [2.45, 2.75) is 20.8 Å². The number of hydrogen-bond acceptors (Lipinski definition) is 4. The van der Waals surface area contributed by atoms with Gasteiger partial charge in [-0.3, -0.25) is 4.98 Å². The number of nitrogens with zero attached hydrogens (tertiary/aromatic N) is 6. The van der Waals surface area contributed by atoms with Gasteiger partial charge in [-0.1, -0.05) is 30.3 Å². The van der Waals surface area contributed by atoms with Crippen LogP contribution in [0, 0.1) is 13.8 Å². The van der Waals surface area contributed by atoms with Crippen LogP contribution in [0.3, 0.4) is 0 Å². The number of imidazole rings is 1. The van der Waals surface area contributed by atoms with E-state index in [4.69, 9.17) is 4.98 Å². The highest BCUT2D eigenvalue weighted by Crippen LogP contribution is 2.22. The predicted octanol–water partition coefficient (Wildman–Crippen LogP) is 3.70. The molecule has 3 heterocycles. The summed E-state index contributed by atoms with van der Waals surface area (Å²) in [7, 11) is 2.00. The van der Waals surface area contributed by atoms with Crippen LogP contribution in [-0.4, -0.2) is 29.1 Å². The Morgan fingerprint density at radius 3 is 2.58 bits per heavy atom. The molecule has 0 saturated heterocycles. The minimum Gasteiger partial charge on any atom is -0.334 e. The summed E-state index contributed by atoms with van der Waals surface area (Å²) in [6, 6.07) is 10.2. The Morgan fingerprint density at radius 2 is 1.85 bits per heavy atom. The van der Waals surface area contributed by atoms with E-state index in [1.54, 1.807) is 0 Å². The fourth-order valence-corrected chi connectivity index (χ4v) is 3.01. The monoisotopic (exact) mass is 344 g/mol. The minimum absolute atomic E-state index is 0.658. The van der Waals surface area contributed by atoms with Crippen LogP contribution in [0.15, 0.2) is 42.7 Å². The van der Waals surface area contributed by atoms with Crippen molar-refractivity contribution in [1.29, 1.82) is 0 Å². The molecule has 26 heavy (non-hydrogen) atoms. The van der Waals surface area contributed by atoms with Crippen molar-refractivity contribution in [3.63, 3.8) is 0 Å². The van der Waals surface area contributed by atoms with E-state index >= 15 is 0 Å². The predicted molar refractivity (Wildman–Crippen MR) is 102 cm³/mol. The molecule has 0 aliphatic carbocycles. The zero-order valence-electron chi connectivity index (χ0n) is 15.3. The van der Waals surface area contributed by atoms with E-state index < -0.39 is 0 Å². The lowest BCUT2D eigenvalue weighted by atomic mass is 10.2. The second-order valence-electron chi connectivity index (χ2n) is 6.44. The van der Waals surface area contributed by atoms with Gasteiger partial charge in [0.25, 0.3) is 0 Å². The standard InChI is InChI=1S/C20H20N6/c1-13(10-18-23-20-15(3)21-11-14(2)26(20)24-18)19-22-17(12-25(19)4)16-8-6-5-7-9-16/h5-12H,1-4H3. The first-order chi connectivity index (χ1) is 12.5. The van der Waals surface area contributed by atoms with Gasteiger partial charge in [0, 0.05) is 25.0 Å². The van der Waals surface area contributed by atoms with Gasteiger partial charge in [-0.15, -0.1) is 5.10 Å². The van der Waals surface area contributed by atoms with Crippen LogP contribution < -0.4 is 0 Å². The summed E-state index contributed by atoms with van der Waals surface area (Å²) < 4.78 is 3.86. The Morgan fingerprint density at radius 1 is 1.08 bits per heavy atom. The van der Waals surface area contributed by atoms with E-state index in [9.17, 15) is 0 Å². The van der Waals surface area contributed by atoms with Crippen molar-refractivity contribution in [3.05, 3.63) is 65.8 Å². The molecule has 1 aromatic carbocycles. The Balaban J connectivity index is 1.74. The van der Waals surface area contributed by atoms with E-state index in [1.807, 2.05) is 73.6 Å². The normalized spacial score (nSPS) is 12.1. The van der Waals surface area contributed by atoms with Gasteiger partial charge in [0.05, 0.1) is 17.1 Å². The Kier molecular flexibility index (Phi) is 3.88. The maximum atomic E-state index is 4.79. The molecule has 0 radical (unpaired) electrons. The first-order valence-corrected chi connectivity index (χ1v) is 8.49. The highest BCUT2D eigenvalue weighted by Gasteiger charge is 2.11. The first kappa shape index (κ1) is 16.2. The van der Waals surface area contributed by atoms with E-state index in [0.29, 0.717) is 5.82 Å². The molecule has 0 unspecified atom stereocenters. The molecule has 0 amide bonds. The fourth-order valence-electron chi connectivity index (χ4n) is 3.01. The van der Waals surface area contributed by atoms with Crippen LogP contribution >= 0.6 is 0 Å². The van der Waals surface area contributed by atoms with E-state index in [1.165, 1.54) is 0 Å². The van der Waals surface area contributed by atoms with E-state index in [-0.39, 0.29) is 0 Å². The van der Waals surface area contributed by atoms with Gasteiger partial charge in [0.1, 0.15) is 5.82 Å². The SMILES string of the molecule is CC(=Cc1nc2c(C)ncc(C)n2n1)c1nc(-c2ccccc2)cn1C. The van der Waals surface area contributed by atoms with Crippen LogP contribution in [0.5, 0.6) is 0 Å². The molecule has 130 valence electrons. The number of allylic oxidation sites excluding steroid dienone is 1. The fraction of sp³-hybridized carbons (Fsp3) is 0.200. The lowest BCUT2D eigenvalue weighted by Gasteiger charge is -1.99. The van der Waals surface area contributed by atoms with Crippen LogP contribution in [0.25, 0.3) is 28.6 Å². The van der Waals surface area contributed by atoms with Gasteiger partial charge in [-0.05, 0) is 32.4 Å². The summed E-state index contributed by atoms with van der Waals surface area (Å²) >= 11 is 0. The number of aryl methyl sites for hydroxylation is 3. The average Bonchev–Trinajstić information content (AvgIpc) is 3.23. The Labute approximate surface area is 151 Å². The maximum Gasteiger partial charge on any atom is 0.177 e. The van der Waals surface area contributed by atoms with Crippen molar-refractivity contribution >= 4 is 17.3 Å². The van der Waals surface area contributed by atoms with Gasteiger partial charge >= 0.3 is 0 Å². The van der Waals surface area contributed by atoms with Gasteiger partial charge < -0.3 is 4.57 Å². The van der Waals surface area contributed by atoms with Crippen LogP contribution in [0.2, 0.25) is 0 Å².